The fourth-order valence-electron chi connectivity index (χ4n) is 2.39. The average molecular weight is 205 g/mol. The van der Waals surface area contributed by atoms with E-state index in [1.54, 1.807) is 0 Å². The summed E-state index contributed by atoms with van der Waals surface area (Å²) in [5.74, 6) is -3.33. The van der Waals surface area contributed by atoms with Crippen LogP contribution in [-0.4, -0.2) is 10.2 Å². The molecule has 2 aliphatic rings. The van der Waals surface area contributed by atoms with Crippen LogP contribution in [0.2, 0.25) is 5.15 Å². The lowest BCUT2D eigenvalue weighted by Gasteiger charge is -2.33. The van der Waals surface area contributed by atoms with Crippen molar-refractivity contribution in [3.8, 4) is 0 Å². The van der Waals surface area contributed by atoms with Crippen LogP contribution in [0.5, 0.6) is 0 Å². The largest absolute Gasteiger partial charge is 0.292 e. The Labute approximate surface area is 78.3 Å². The zero-order valence-corrected chi connectivity index (χ0v) is 7.41. The molecule has 0 aliphatic heterocycles. The molecule has 1 N–H and O–H groups in total. The smallest absolute Gasteiger partial charge is 0.275 e. The monoisotopic (exact) mass is 204 g/mol. The van der Waals surface area contributed by atoms with Gasteiger partial charge in [0.25, 0.3) is 5.92 Å². The molecule has 5 heteroatoms. The summed E-state index contributed by atoms with van der Waals surface area (Å²) in [5, 5.41) is 6.18. The maximum Gasteiger partial charge on any atom is 0.292 e. The molecule has 0 radical (unpaired) electrons. The van der Waals surface area contributed by atoms with Crippen LogP contribution in [0.4, 0.5) is 8.78 Å². The summed E-state index contributed by atoms with van der Waals surface area (Å²) < 4.78 is 27.0. The Morgan fingerprint density at radius 2 is 2.23 bits per heavy atom. The Hall–Kier alpha value is -0.640. The van der Waals surface area contributed by atoms with Crippen molar-refractivity contribution < 1.29 is 8.78 Å². The number of aromatic nitrogens is 2. The van der Waals surface area contributed by atoms with Crippen molar-refractivity contribution in [3.05, 3.63) is 16.4 Å². The molecule has 0 spiro atoms. The molecular weight excluding hydrogens is 198 g/mol. The SMILES string of the molecule is FC1(F)c2[nH]nc(Cl)c2C2CCC21. The average Bonchev–Trinajstić information content (AvgIpc) is 2.35. The molecule has 0 bridgehead atoms. The predicted molar refractivity (Wildman–Crippen MR) is 43.0 cm³/mol. The third-order valence-corrected chi connectivity index (χ3v) is 3.49. The Morgan fingerprint density at radius 1 is 1.46 bits per heavy atom. The van der Waals surface area contributed by atoms with E-state index in [-0.39, 0.29) is 16.8 Å². The molecule has 1 fully saturated rings. The van der Waals surface area contributed by atoms with Crippen molar-refractivity contribution in [1.82, 2.24) is 10.2 Å². The minimum atomic E-state index is -2.74. The maximum atomic E-state index is 13.5. The van der Waals surface area contributed by atoms with Gasteiger partial charge < -0.3 is 0 Å². The molecule has 0 amide bonds. The quantitative estimate of drug-likeness (QED) is 0.692. The van der Waals surface area contributed by atoms with Crippen molar-refractivity contribution in [2.45, 2.75) is 24.7 Å². The minimum absolute atomic E-state index is 0.0509. The Bertz CT molecular complexity index is 374. The van der Waals surface area contributed by atoms with Crippen molar-refractivity contribution in [3.63, 3.8) is 0 Å². The second-order valence-corrected chi connectivity index (χ2v) is 4.07. The van der Waals surface area contributed by atoms with Crippen LogP contribution in [-0.2, 0) is 5.92 Å². The summed E-state index contributed by atoms with van der Waals surface area (Å²) in [6.07, 6.45) is 1.41. The van der Waals surface area contributed by atoms with E-state index in [0.29, 0.717) is 12.0 Å². The number of hydrogen-bond acceptors (Lipinski definition) is 1. The van der Waals surface area contributed by atoms with Gasteiger partial charge in [-0.15, -0.1) is 0 Å². The first-order chi connectivity index (χ1) is 6.12. The standard InChI is InChI=1S/C8H7ClF2N2/c9-7-5-3-1-2-4(3)8(10,11)6(5)12-13-7/h3-4H,1-2H2,(H,12,13). The zero-order valence-electron chi connectivity index (χ0n) is 6.65. The van der Waals surface area contributed by atoms with Crippen LogP contribution in [0.25, 0.3) is 0 Å². The van der Waals surface area contributed by atoms with Gasteiger partial charge in [0, 0.05) is 11.5 Å². The third-order valence-electron chi connectivity index (χ3n) is 3.20. The van der Waals surface area contributed by atoms with Crippen molar-refractivity contribution >= 4 is 11.6 Å². The number of alkyl halides is 2. The van der Waals surface area contributed by atoms with E-state index in [4.69, 9.17) is 11.6 Å². The molecule has 2 aliphatic carbocycles. The molecular formula is C8H7ClF2N2. The molecule has 1 aromatic rings. The van der Waals surface area contributed by atoms with E-state index >= 15 is 0 Å². The molecule has 0 saturated heterocycles. The second-order valence-electron chi connectivity index (χ2n) is 3.72. The molecule has 1 aromatic heterocycles. The van der Waals surface area contributed by atoms with Crippen LogP contribution in [0.15, 0.2) is 0 Å². The van der Waals surface area contributed by atoms with Crippen LogP contribution in [0.3, 0.4) is 0 Å². The second kappa shape index (κ2) is 2.05. The number of rotatable bonds is 0. The molecule has 1 heterocycles. The Balaban J connectivity index is 2.23. The van der Waals surface area contributed by atoms with E-state index in [0.717, 1.165) is 6.42 Å². The van der Waals surface area contributed by atoms with Gasteiger partial charge in [0.05, 0.1) is 0 Å². The van der Waals surface area contributed by atoms with Gasteiger partial charge in [0.15, 0.2) is 5.15 Å². The van der Waals surface area contributed by atoms with Gasteiger partial charge >= 0.3 is 0 Å². The van der Waals surface area contributed by atoms with Gasteiger partial charge in [-0.05, 0) is 18.8 Å². The van der Waals surface area contributed by atoms with E-state index in [1.807, 2.05) is 0 Å². The fraction of sp³-hybridized carbons (Fsp3) is 0.625. The number of nitrogens with one attached hydrogen (secondary N) is 1. The number of hydrogen-bond donors (Lipinski definition) is 1. The number of halogens is 3. The fourth-order valence-corrected chi connectivity index (χ4v) is 2.66. The van der Waals surface area contributed by atoms with Crippen molar-refractivity contribution in [2.24, 2.45) is 5.92 Å². The Kier molecular flexibility index (Phi) is 1.22. The number of nitrogens with zero attached hydrogens (tertiary/aromatic N) is 1. The van der Waals surface area contributed by atoms with E-state index in [2.05, 4.69) is 10.2 Å². The molecule has 1 saturated carbocycles. The van der Waals surface area contributed by atoms with Crippen LogP contribution in [0.1, 0.15) is 30.0 Å². The highest BCUT2D eigenvalue weighted by Gasteiger charge is 2.60. The van der Waals surface area contributed by atoms with Crippen molar-refractivity contribution in [1.29, 1.82) is 0 Å². The van der Waals surface area contributed by atoms with Gasteiger partial charge in [-0.1, -0.05) is 11.6 Å². The number of H-pyrrole nitrogens is 1. The summed E-state index contributed by atoms with van der Waals surface area (Å²) in [5.41, 5.74) is 0.507. The molecule has 70 valence electrons. The van der Waals surface area contributed by atoms with E-state index in [1.165, 1.54) is 0 Å². The van der Waals surface area contributed by atoms with Gasteiger partial charge in [-0.25, -0.2) is 0 Å². The maximum absolute atomic E-state index is 13.5. The molecule has 0 aromatic carbocycles. The lowest BCUT2D eigenvalue weighted by molar-refractivity contribution is -0.0905. The highest BCUT2D eigenvalue weighted by Crippen LogP contribution is 2.62. The van der Waals surface area contributed by atoms with Gasteiger partial charge in [-0.3, -0.25) is 5.10 Å². The molecule has 2 atom stereocenters. The summed E-state index contributed by atoms with van der Waals surface area (Å²) in [6.45, 7) is 0. The van der Waals surface area contributed by atoms with Crippen LogP contribution < -0.4 is 0 Å². The van der Waals surface area contributed by atoms with Gasteiger partial charge in [0.1, 0.15) is 5.69 Å². The zero-order chi connectivity index (χ0) is 9.22. The Morgan fingerprint density at radius 3 is 2.85 bits per heavy atom. The van der Waals surface area contributed by atoms with Gasteiger partial charge in [0.2, 0.25) is 0 Å². The highest BCUT2D eigenvalue weighted by atomic mass is 35.5. The number of aromatic amines is 1. The first-order valence-electron chi connectivity index (χ1n) is 4.24. The van der Waals surface area contributed by atoms with Crippen molar-refractivity contribution in [2.75, 3.05) is 0 Å². The van der Waals surface area contributed by atoms with Gasteiger partial charge in [-0.2, -0.15) is 13.9 Å². The number of fused-ring (bicyclic) bond motifs is 3. The third kappa shape index (κ3) is 0.713. The van der Waals surface area contributed by atoms with Crippen LogP contribution in [0, 0.1) is 5.92 Å². The molecule has 2 nitrogen and oxygen atoms in total. The first-order valence-corrected chi connectivity index (χ1v) is 4.62. The lowest BCUT2D eigenvalue weighted by Crippen LogP contribution is -2.30. The molecule has 2 unspecified atom stereocenters. The summed E-state index contributed by atoms with van der Waals surface area (Å²) >= 11 is 5.73. The topological polar surface area (TPSA) is 28.7 Å². The predicted octanol–water partition coefficient (Wildman–Crippen LogP) is 2.66. The molecule has 3 rings (SSSR count). The highest BCUT2D eigenvalue weighted by molar-refractivity contribution is 6.30. The van der Waals surface area contributed by atoms with E-state index < -0.39 is 11.8 Å². The van der Waals surface area contributed by atoms with Crippen LogP contribution >= 0.6 is 11.6 Å². The normalized spacial score (nSPS) is 33.8. The van der Waals surface area contributed by atoms with E-state index in [9.17, 15) is 8.78 Å². The summed E-state index contributed by atoms with van der Waals surface area (Å²) in [7, 11) is 0. The first kappa shape index (κ1) is 7.74. The summed E-state index contributed by atoms with van der Waals surface area (Å²) in [6, 6.07) is 0. The minimum Gasteiger partial charge on any atom is -0.275 e. The summed E-state index contributed by atoms with van der Waals surface area (Å²) in [4.78, 5) is 0. The lowest BCUT2D eigenvalue weighted by atomic mass is 9.73. The molecule has 13 heavy (non-hydrogen) atoms.